The zero-order chi connectivity index (χ0) is 15.4. The highest BCUT2D eigenvalue weighted by atomic mass is 35.5. The van der Waals surface area contributed by atoms with Gasteiger partial charge >= 0.3 is 0 Å². The van der Waals surface area contributed by atoms with Crippen LogP contribution in [-0.2, 0) is 6.54 Å². The molecule has 1 N–H and O–H groups in total. The molecule has 0 saturated heterocycles. The first-order valence-electron chi connectivity index (χ1n) is 7.21. The van der Waals surface area contributed by atoms with Crippen molar-refractivity contribution in [2.24, 2.45) is 0 Å². The third kappa shape index (κ3) is 3.58. The lowest BCUT2D eigenvalue weighted by molar-refractivity contribution is 0.416. The molecule has 0 fully saturated rings. The lowest BCUT2D eigenvalue weighted by atomic mass is 9.96. The van der Waals surface area contributed by atoms with Crippen LogP contribution < -0.4 is 10.1 Å². The van der Waals surface area contributed by atoms with Crippen LogP contribution in [-0.4, -0.2) is 13.7 Å². The summed E-state index contributed by atoms with van der Waals surface area (Å²) in [6.45, 7) is 7.98. The van der Waals surface area contributed by atoms with E-state index in [2.05, 4.69) is 50.4 Å². The largest absolute Gasteiger partial charge is 0.496 e. The number of ether oxygens (including phenoxy) is 1. The molecular formula is C18H22ClNO. The van der Waals surface area contributed by atoms with Gasteiger partial charge in [-0.15, -0.1) is 0 Å². The van der Waals surface area contributed by atoms with Crippen molar-refractivity contribution in [3.8, 4) is 16.9 Å². The molecule has 0 atom stereocenters. The molecule has 0 amide bonds. The molecule has 0 aliphatic heterocycles. The van der Waals surface area contributed by atoms with Gasteiger partial charge in [0.05, 0.1) is 7.11 Å². The van der Waals surface area contributed by atoms with Gasteiger partial charge in [0.1, 0.15) is 5.75 Å². The van der Waals surface area contributed by atoms with E-state index in [0.29, 0.717) is 0 Å². The smallest absolute Gasteiger partial charge is 0.127 e. The number of rotatable bonds is 5. The number of methoxy groups -OCH3 is 1. The van der Waals surface area contributed by atoms with E-state index >= 15 is 0 Å². The minimum Gasteiger partial charge on any atom is -0.496 e. The first-order valence-corrected chi connectivity index (χ1v) is 7.59. The summed E-state index contributed by atoms with van der Waals surface area (Å²) in [6.07, 6.45) is 0. The molecule has 0 unspecified atom stereocenters. The number of aryl methyl sites for hydroxylation is 2. The lowest BCUT2D eigenvalue weighted by Gasteiger charge is -2.15. The maximum absolute atomic E-state index is 6.29. The summed E-state index contributed by atoms with van der Waals surface area (Å²) in [5, 5.41) is 4.12. The average Bonchev–Trinajstić information content (AvgIpc) is 2.46. The van der Waals surface area contributed by atoms with Crippen molar-refractivity contribution in [2.75, 3.05) is 13.7 Å². The van der Waals surface area contributed by atoms with Crippen LogP contribution in [0.2, 0.25) is 5.02 Å². The summed E-state index contributed by atoms with van der Waals surface area (Å²) in [4.78, 5) is 0. The second kappa shape index (κ2) is 6.97. The minimum absolute atomic E-state index is 0.774. The Hall–Kier alpha value is -1.51. The molecule has 21 heavy (non-hydrogen) atoms. The third-order valence-electron chi connectivity index (χ3n) is 3.56. The van der Waals surface area contributed by atoms with E-state index in [0.717, 1.165) is 40.6 Å². The summed E-state index contributed by atoms with van der Waals surface area (Å²) >= 11 is 6.29. The molecule has 0 heterocycles. The molecule has 2 aromatic rings. The molecular weight excluding hydrogens is 282 g/mol. The molecule has 0 saturated carbocycles. The van der Waals surface area contributed by atoms with E-state index in [1.165, 1.54) is 11.1 Å². The molecule has 0 aromatic heterocycles. The Morgan fingerprint density at radius 2 is 1.90 bits per heavy atom. The molecule has 2 nitrogen and oxygen atoms in total. The number of benzene rings is 2. The zero-order valence-electron chi connectivity index (χ0n) is 13.1. The van der Waals surface area contributed by atoms with E-state index < -0.39 is 0 Å². The Morgan fingerprint density at radius 3 is 2.57 bits per heavy atom. The normalized spacial score (nSPS) is 10.7. The van der Waals surface area contributed by atoms with E-state index in [9.17, 15) is 0 Å². The van der Waals surface area contributed by atoms with Gasteiger partial charge in [-0.3, -0.25) is 0 Å². The monoisotopic (exact) mass is 303 g/mol. The van der Waals surface area contributed by atoms with Gasteiger partial charge in [-0.05, 0) is 60.8 Å². The number of hydrogen-bond acceptors (Lipinski definition) is 2. The molecule has 112 valence electrons. The van der Waals surface area contributed by atoms with Crippen molar-refractivity contribution >= 4 is 11.6 Å². The summed E-state index contributed by atoms with van der Waals surface area (Å²) in [5.74, 6) is 0.907. The summed E-state index contributed by atoms with van der Waals surface area (Å²) < 4.78 is 5.56. The van der Waals surface area contributed by atoms with Gasteiger partial charge in [0.15, 0.2) is 0 Å². The number of halogens is 1. The minimum atomic E-state index is 0.774. The van der Waals surface area contributed by atoms with Crippen LogP contribution >= 0.6 is 11.6 Å². The molecule has 2 rings (SSSR count). The molecule has 0 bridgehead atoms. The van der Waals surface area contributed by atoms with Gasteiger partial charge < -0.3 is 10.1 Å². The van der Waals surface area contributed by atoms with E-state index in [1.807, 2.05) is 6.07 Å². The molecule has 0 spiro atoms. The molecule has 0 aliphatic carbocycles. The summed E-state index contributed by atoms with van der Waals surface area (Å²) in [6, 6.07) is 10.4. The van der Waals surface area contributed by atoms with E-state index in [1.54, 1.807) is 7.11 Å². The van der Waals surface area contributed by atoms with Crippen molar-refractivity contribution in [3.63, 3.8) is 0 Å². The summed E-state index contributed by atoms with van der Waals surface area (Å²) in [5.41, 5.74) is 5.80. The summed E-state index contributed by atoms with van der Waals surface area (Å²) in [7, 11) is 1.72. The third-order valence-corrected chi connectivity index (χ3v) is 3.93. The molecule has 0 radical (unpaired) electrons. The Balaban J connectivity index is 2.51. The number of hydrogen-bond donors (Lipinski definition) is 1. The highest BCUT2D eigenvalue weighted by molar-refractivity contribution is 6.31. The lowest BCUT2D eigenvalue weighted by Crippen LogP contribution is -2.12. The van der Waals surface area contributed by atoms with Gasteiger partial charge in [0.25, 0.3) is 0 Å². The van der Waals surface area contributed by atoms with Crippen LogP contribution in [0.15, 0.2) is 30.3 Å². The van der Waals surface area contributed by atoms with E-state index in [4.69, 9.17) is 16.3 Å². The molecule has 2 aromatic carbocycles. The molecule has 3 heteroatoms. The fourth-order valence-corrected chi connectivity index (χ4v) is 2.77. The van der Waals surface area contributed by atoms with Gasteiger partial charge in [0, 0.05) is 17.1 Å². The highest BCUT2D eigenvalue weighted by Gasteiger charge is 2.12. The van der Waals surface area contributed by atoms with Gasteiger partial charge in [-0.25, -0.2) is 0 Å². The van der Waals surface area contributed by atoms with Crippen LogP contribution in [0.5, 0.6) is 5.75 Å². The van der Waals surface area contributed by atoms with Gasteiger partial charge in [-0.2, -0.15) is 0 Å². The fourth-order valence-electron chi connectivity index (χ4n) is 2.58. The first-order chi connectivity index (χ1) is 10.1. The van der Waals surface area contributed by atoms with Crippen LogP contribution in [0.3, 0.4) is 0 Å². The van der Waals surface area contributed by atoms with Crippen molar-refractivity contribution in [3.05, 3.63) is 52.0 Å². The van der Waals surface area contributed by atoms with Crippen molar-refractivity contribution in [1.82, 2.24) is 5.32 Å². The van der Waals surface area contributed by atoms with Crippen molar-refractivity contribution in [2.45, 2.75) is 27.3 Å². The standard InChI is InChI=1S/C18H22ClNO/c1-5-20-11-15-10-14(6-7-16(15)19)18-13(3)8-12(2)9-17(18)21-4/h6-10,20H,5,11H2,1-4H3. The van der Waals surface area contributed by atoms with E-state index in [-0.39, 0.29) is 0 Å². The Bertz CT molecular complexity index is 637. The highest BCUT2D eigenvalue weighted by Crippen LogP contribution is 2.35. The first kappa shape index (κ1) is 15.9. The van der Waals surface area contributed by atoms with Gasteiger partial charge in [0.2, 0.25) is 0 Å². The van der Waals surface area contributed by atoms with Crippen LogP contribution in [0, 0.1) is 13.8 Å². The van der Waals surface area contributed by atoms with Gasteiger partial charge in [-0.1, -0.05) is 30.7 Å². The molecule has 0 aliphatic rings. The second-order valence-electron chi connectivity index (χ2n) is 5.25. The van der Waals surface area contributed by atoms with Crippen LogP contribution in [0.1, 0.15) is 23.6 Å². The van der Waals surface area contributed by atoms with Crippen molar-refractivity contribution < 1.29 is 4.74 Å². The Labute approximate surface area is 132 Å². The topological polar surface area (TPSA) is 21.3 Å². The zero-order valence-corrected chi connectivity index (χ0v) is 13.8. The Kier molecular flexibility index (Phi) is 5.27. The second-order valence-corrected chi connectivity index (χ2v) is 5.65. The SMILES string of the molecule is CCNCc1cc(-c2c(C)cc(C)cc2OC)ccc1Cl. The quantitative estimate of drug-likeness (QED) is 0.861. The maximum Gasteiger partial charge on any atom is 0.127 e. The van der Waals surface area contributed by atoms with Crippen LogP contribution in [0.4, 0.5) is 0 Å². The number of nitrogens with one attached hydrogen (secondary N) is 1. The predicted molar refractivity (Wildman–Crippen MR) is 90.3 cm³/mol. The predicted octanol–water partition coefficient (Wildman–Crippen LogP) is 4.74. The fraction of sp³-hybridized carbons (Fsp3) is 0.333. The maximum atomic E-state index is 6.29. The van der Waals surface area contributed by atoms with Crippen molar-refractivity contribution in [1.29, 1.82) is 0 Å². The van der Waals surface area contributed by atoms with Crippen LogP contribution in [0.25, 0.3) is 11.1 Å². The Morgan fingerprint density at radius 1 is 1.14 bits per heavy atom. The average molecular weight is 304 g/mol.